The molecular formula is C20H18F3NO5. The van der Waals surface area contributed by atoms with Crippen molar-refractivity contribution in [1.29, 1.82) is 0 Å². The minimum Gasteiger partial charge on any atom is -0.493 e. The maximum Gasteiger partial charge on any atom is 0.418 e. The molecule has 9 heteroatoms. The van der Waals surface area contributed by atoms with E-state index in [1.54, 1.807) is 12.1 Å². The normalized spacial score (nSPS) is 11.5. The van der Waals surface area contributed by atoms with E-state index in [0.717, 1.165) is 6.07 Å². The SMILES string of the molecule is COc1cc(-c2[nH]c3c(C(F)(F)F)cccc3c2CC(=O)O)cc(OC)c1OC. The molecule has 2 N–H and O–H groups in total. The van der Waals surface area contributed by atoms with Crippen LogP contribution in [0.25, 0.3) is 22.2 Å². The number of methoxy groups -OCH3 is 3. The zero-order valence-corrected chi connectivity index (χ0v) is 15.8. The zero-order chi connectivity index (χ0) is 21.3. The average molecular weight is 409 g/mol. The van der Waals surface area contributed by atoms with Gasteiger partial charge in [0.05, 0.1) is 44.5 Å². The van der Waals surface area contributed by atoms with Gasteiger partial charge in [-0.05, 0) is 23.8 Å². The molecule has 154 valence electrons. The van der Waals surface area contributed by atoms with Gasteiger partial charge in [0.15, 0.2) is 11.5 Å². The Hall–Kier alpha value is -3.36. The van der Waals surface area contributed by atoms with Crippen LogP contribution >= 0.6 is 0 Å². The van der Waals surface area contributed by atoms with Crippen LogP contribution in [0.4, 0.5) is 13.2 Å². The highest BCUT2D eigenvalue weighted by Gasteiger charge is 2.34. The number of alkyl halides is 3. The third kappa shape index (κ3) is 3.67. The van der Waals surface area contributed by atoms with Crippen LogP contribution in [0.1, 0.15) is 11.1 Å². The van der Waals surface area contributed by atoms with Crippen molar-refractivity contribution < 1.29 is 37.3 Å². The van der Waals surface area contributed by atoms with Crippen LogP contribution < -0.4 is 14.2 Å². The first-order valence-electron chi connectivity index (χ1n) is 8.44. The topological polar surface area (TPSA) is 80.8 Å². The van der Waals surface area contributed by atoms with Crippen LogP contribution in [0.5, 0.6) is 17.2 Å². The minimum atomic E-state index is -4.60. The van der Waals surface area contributed by atoms with Gasteiger partial charge >= 0.3 is 12.1 Å². The van der Waals surface area contributed by atoms with E-state index in [2.05, 4.69) is 4.98 Å². The smallest absolute Gasteiger partial charge is 0.418 e. The third-order valence-corrected chi connectivity index (χ3v) is 4.53. The predicted molar refractivity (Wildman–Crippen MR) is 99.7 cm³/mol. The summed E-state index contributed by atoms with van der Waals surface area (Å²) in [4.78, 5) is 14.2. The number of aliphatic carboxylic acids is 1. The number of carboxylic acid groups (broad SMARTS) is 1. The van der Waals surface area contributed by atoms with Gasteiger partial charge in [-0.15, -0.1) is 0 Å². The Balaban J connectivity index is 2.36. The number of aromatic nitrogens is 1. The fraction of sp³-hybridized carbons (Fsp3) is 0.250. The number of carboxylic acids is 1. The molecule has 29 heavy (non-hydrogen) atoms. The Morgan fingerprint density at radius 2 is 1.69 bits per heavy atom. The van der Waals surface area contributed by atoms with Gasteiger partial charge in [0.2, 0.25) is 5.75 Å². The molecule has 3 aromatic rings. The summed E-state index contributed by atoms with van der Waals surface area (Å²) in [6, 6.07) is 6.75. The Bertz CT molecular complexity index is 1050. The molecule has 0 aliphatic carbocycles. The molecule has 0 aliphatic rings. The van der Waals surface area contributed by atoms with E-state index in [9.17, 15) is 23.1 Å². The Morgan fingerprint density at radius 1 is 1.07 bits per heavy atom. The van der Waals surface area contributed by atoms with E-state index in [1.165, 1.54) is 33.5 Å². The van der Waals surface area contributed by atoms with E-state index in [4.69, 9.17) is 14.2 Å². The van der Waals surface area contributed by atoms with Gasteiger partial charge in [-0.2, -0.15) is 13.2 Å². The minimum absolute atomic E-state index is 0.181. The van der Waals surface area contributed by atoms with E-state index in [-0.39, 0.29) is 33.7 Å². The number of carbonyl (C=O) groups is 1. The van der Waals surface area contributed by atoms with Gasteiger partial charge in [-0.1, -0.05) is 12.1 Å². The van der Waals surface area contributed by atoms with E-state index >= 15 is 0 Å². The van der Waals surface area contributed by atoms with Gasteiger partial charge in [0, 0.05) is 10.9 Å². The summed E-state index contributed by atoms with van der Waals surface area (Å²) in [6.45, 7) is 0. The molecule has 0 radical (unpaired) electrons. The molecule has 3 rings (SSSR count). The van der Waals surface area contributed by atoms with Crippen LogP contribution in [0.15, 0.2) is 30.3 Å². The van der Waals surface area contributed by atoms with Crippen LogP contribution in [-0.4, -0.2) is 37.4 Å². The number of halogens is 3. The van der Waals surface area contributed by atoms with Crippen molar-refractivity contribution in [2.45, 2.75) is 12.6 Å². The second-order valence-electron chi connectivity index (χ2n) is 6.19. The molecule has 2 aromatic carbocycles. The quantitative estimate of drug-likeness (QED) is 0.626. The number of rotatable bonds is 6. The maximum atomic E-state index is 13.5. The van der Waals surface area contributed by atoms with Crippen LogP contribution in [0, 0.1) is 0 Å². The van der Waals surface area contributed by atoms with Gasteiger partial charge in [-0.3, -0.25) is 4.79 Å². The first-order valence-corrected chi connectivity index (χ1v) is 8.44. The van der Waals surface area contributed by atoms with Crippen molar-refractivity contribution in [2.75, 3.05) is 21.3 Å². The Morgan fingerprint density at radius 3 is 2.17 bits per heavy atom. The lowest BCUT2D eigenvalue weighted by molar-refractivity contribution is -0.137. The molecular weight excluding hydrogens is 391 g/mol. The second-order valence-corrected chi connectivity index (χ2v) is 6.19. The first-order chi connectivity index (χ1) is 13.7. The van der Waals surface area contributed by atoms with Crippen molar-refractivity contribution in [3.05, 3.63) is 41.5 Å². The number of nitrogens with one attached hydrogen (secondary N) is 1. The van der Waals surface area contributed by atoms with Gasteiger partial charge in [-0.25, -0.2) is 0 Å². The summed E-state index contributed by atoms with van der Waals surface area (Å²) in [5.74, 6) is -0.279. The highest BCUT2D eigenvalue weighted by atomic mass is 19.4. The standard InChI is InChI=1S/C20H18F3NO5/c1-27-14-7-10(8-15(28-2)19(14)29-3)17-12(9-16(25)26)11-5-4-6-13(18(11)24-17)20(21,22)23/h4-8,24H,9H2,1-3H3,(H,25,26). The summed E-state index contributed by atoms with van der Waals surface area (Å²) in [7, 11) is 4.24. The summed E-state index contributed by atoms with van der Waals surface area (Å²) < 4.78 is 56.3. The number of H-pyrrole nitrogens is 1. The van der Waals surface area contributed by atoms with Gasteiger partial charge in [0.1, 0.15) is 0 Å². The lowest BCUT2D eigenvalue weighted by Crippen LogP contribution is -2.05. The van der Waals surface area contributed by atoms with Gasteiger partial charge in [0.25, 0.3) is 0 Å². The molecule has 0 spiro atoms. The molecule has 0 bridgehead atoms. The molecule has 0 atom stereocenters. The molecule has 0 amide bonds. The molecule has 1 aromatic heterocycles. The third-order valence-electron chi connectivity index (χ3n) is 4.53. The van der Waals surface area contributed by atoms with Crippen LogP contribution in [0.2, 0.25) is 0 Å². The van der Waals surface area contributed by atoms with Crippen molar-refractivity contribution in [3.8, 4) is 28.5 Å². The van der Waals surface area contributed by atoms with Crippen LogP contribution in [-0.2, 0) is 17.4 Å². The fourth-order valence-corrected chi connectivity index (χ4v) is 3.32. The van der Waals surface area contributed by atoms with Crippen molar-refractivity contribution >= 4 is 16.9 Å². The molecule has 0 unspecified atom stereocenters. The largest absolute Gasteiger partial charge is 0.493 e. The highest BCUT2D eigenvalue weighted by molar-refractivity contribution is 5.96. The lowest BCUT2D eigenvalue weighted by Gasteiger charge is -2.14. The maximum absolute atomic E-state index is 13.5. The molecule has 0 saturated heterocycles. The molecule has 0 aliphatic heterocycles. The molecule has 0 fully saturated rings. The lowest BCUT2D eigenvalue weighted by atomic mass is 10.0. The Labute approximate surface area is 163 Å². The number of hydrogen-bond donors (Lipinski definition) is 2. The number of fused-ring (bicyclic) bond motifs is 1. The summed E-state index contributed by atoms with van der Waals surface area (Å²) in [5.41, 5.74) is -0.188. The molecule has 1 heterocycles. The van der Waals surface area contributed by atoms with E-state index < -0.39 is 24.1 Å². The Kier molecular flexibility index (Phi) is 5.32. The van der Waals surface area contributed by atoms with E-state index in [0.29, 0.717) is 11.3 Å². The van der Waals surface area contributed by atoms with Crippen LogP contribution in [0.3, 0.4) is 0 Å². The number of para-hydroxylation sites is 1. The molecule has 0 saturated carbocycles. The summed E-state index contributed by atoms with van der Waals surface area (Å²) in [5, 5.41) is 9.51. The second kappa shape index (κ2) is 7.57. The first kappa shape index (κ1) is 20.4. The fourth-order valence-electron chi connectivity index (χ4n) is 3.32. The molecule has 6 nitrogen and oxygen atoms in total. The highest BCUT2D eigenvalue weighted by Crippen LogP contribution is 2.44. The zero-order valence-electron chi connectivity index (χ0n) is 15.8. The monoisotopic (exact) mass is 409 g/mol. The number of ether oxygens (including phenoxy) is 3. The number of benzene rings is 2. The predicted octanol–water partition coefficient (Wildman–Crippen LogP) is 4.51. The number of hydrogen-bond acceptors (Lipinski definition) is 4. The van der Waals surface area contributed by atoms with Gasteiger partial charge < -0.3 is 24.3 Å². The van der Waals surface area contributed by atoms with Crippen molar-refractivity contribution in [1.82, 2.24) is 4.98 Å². The van der Waals surface area contributed by atoms with Crippen molar-refractivity contribution in [2.24, 2.45) is 0 Å². The summed E-state index contributed by atoms with van der Waals surface area (Å²) in [6.07, 6.45) is -5.06. The van der Waals surface area contributed by atoms with E-state index in [1.807, 2.05) is 0 Å². The number of aromatic amines is 1. The average Bonchev–Trinajstić information content (AvgIpc) is 3.03. The summed E-state index contributed by atoms with van der Waals surface area (Å²) >= 11 is 0. The van der Waals surface area contributed by atoms with Crippen molar-refractivity contribution in [3.63, 3.8) is 0 Å².